The molecule has 0 spiro atoms. The number of carbonyl (C=O) groups excluding carboxylic acids is 1. The molecule has 0 saturated heterocycles. The van der Waals surface area contributed by atoms with Crippen molar-refractivity contribution in [3.8, 4) is 5.75 Å². The van der Waals surface area contributed by atoms with Crippen LogP contribution in [0, 0.1) is 5.92 Å². The van der Waals surface area contributed by atoms with Gasteiger partial charge in [-0.05, 0) is 30.9 Å². The Morgan fingerprint density at radius 3 is 2.71 bits per heavy atom. The average Bonchev–Trinajstić information content (AvgIpc) is 2.63. The Morgan fingerprint density at radius 1 is 1.29 bits per heavy atom. The Balaban J connectivity index is 2.09. The molecule has 1 atom stereocenters. The minimum atomic E-state index is -0.447. The van der Waals surface area contributed by atoms with Gasteiger partial charge in [-0.1, -0.05) is 31.4 Å². The van der Waals surface area contributed by atoms with Crippen LogP contribution in [0.5, 0.6) is 5.75 Å². The summed E-state index contributed by atoms with van der Waals surface area (Å²) in [7, 11) is 1.34. The van der Waals surface area contributed by atoms with Crippen molar-refractivity contribution in [3.05, 3.63) is 40.2 Å². The second kappa shape index (κ2) is 7.07. The maximum atomic E-state index is 12.5. The van der Waals surface area contributed by atoms with Crippen LogP contribution in [0.25, 0.3) is 11.0 Å². The molecule has 1 N–H and O–H groups in total. The summed E-state index contributed by atoms with van der Waals surface area (Å²) in [6.07, 6.45) is 5.36. The fraction of sp³-hybridized carbons (Fsp3) is 0.474. The molecule has 1 saturated carbocycles. The van der Waals surface area contributed by atoms with Crippen LogP contribution in [0.1, 0.15) is 50.2 Å². The zero-order chi connectivity index (χ0) is 17.1. The van der Waals surface area contributed by atoms with Crippen LogP contribution >= 0.6 is 0 Å². The molecular formula is C19H22O5. The highest BCUT2D eigenvalue weighted by Crippen LogP contribution is 2.41. The smallest absolute Gasteiger partial charge is 0.306 e. The molecule has 0 aliphatic heterocycles. The number of carbonyl (C=O) groups is 1. The SMILES string of the molecule is COC(=O)C[C@H](c1oc2ccccc2c(=O)c1O)C1CCCCC1. The highest BCUT2D eigenvalue weighted by molar-refractivity contribution is 5.78. The molecule has 0 unspecified atom stereocenters. The highest BCUT2D eigenvalue weighted by atomic mass is 16.5. The molecule has 1 heterocycles. The minimum absolute atomic E-state index is 0.107. The fourth-order valence-electron chi connectivity index (χ4n) is 3.67. The van der Waals surface area contributed by atoms with E-state index in [4.69, 9.17) is 9.15 Å². The van der Waals surface area contributed by atoms with Crippen molar-refractivity contribution in [1.82, 2.24) is 0 Å². The van der Waals surface area contributed by atoms with Crippen molar-refractivity contribution in [1.29, 1.82) is 0 Å². The largest absolute Gasteiger partial charge is 0.502 e. The van der Waals surface area contributed by atoms with E-state index in [1.165, 1.54) is 13.5 Å². The molecule has 1 aromatic heterocycles. The summed E-state index contributed by atoms with van der Waals surface area (Å²) in [5.41, 5.74) is -0.0153. The second-order valence-corrected chi connectivity index (χ2v) is 6.43. The molecule has 1 aliphatic carbocycles. The van der Waals surface area contributed by atoms with E-state index in [9.17, 15) is 14.7 Å². The van der Waals surface area contributed by atoms with E-state index in [0.717, 1.165) is 25.7 Å². The van der Waals surface area contributed by atoms with Crippen LogP contribution in [-0.2, 0) is 9.53 Å². The third kappa shape index (κ3) is 3.16. The Labute approximate surface area is 140 Å². The first-order chi connectivity index (χ1) is 11.6. The lowest BCUT2D eigenvalue weighted by Gasteiger charge is -2.29. The third-order valence-electron chi connectivity index (χ3n) is 4.97. The predicted octanol–water partition coefficient (Wildman–Crippen LogP) is 3.73. The van der Waals surface area contributed by atoms with Gasteiger partial charge in [-0.2, -0.15) is 0 Å². The zero-order valence-corrected chi connectivity index (χ0v) is 13.8. The van der Waals surface area contributed by atoms with Crippen molar-refractivity contribution in [2.24, 2.45) is 5.92 Å². The van der Waals surface area contributed by atoms with Gasteiger partial charge < -0.3 is 14.3 Å². The zero-order valence-electron chi connectivity index (χ0n) is 13.8. The number of esters is 1. The lowest BCUT2D eigenvalue weighted by atomic mass is 9.77. The summed E-state index contributed by atoms with van der Waals surface area (Å²) in [6, 6.07) is 6.84. The summed E-state index contributed by atoms with van der Waals surface area (Å²) in [5, 5.41) is 10.8. The predicted molar refractivity (Wildman–Crippen MR) is 90.1 cm³/mol. The van der Waals surface area contributed by atoms with Gasteiger partial charge in [0.2, 0.25) is 11.2 Å². The standard InChI is InChI=1S/C19H22O5/c1-23-16(20)11-14(12-7-3-2-4-8-12)19-18(22)17(21)13-9-5-6-10-15(13)24-19/h5-6,9-10,12,14,22H,2-4,7-8,11H2,1H3/t14-/m0/s1. The van der Waals surface area contributed by atoms with Gasteiger partial charge in [-0.25, -0.2) is 0 Å². The van der Waals surface area contributed by atoms with Crippen LogP contribution in [0.2, 0.25) is 0 Å². The normalized spacial score (nSPS) is 16.9. The highest BCUT2D eigenvalue weighted by Gasteiger charge is 2.32. The fourth-order valence-corrected chi connectivity index (χ4v) is 3.67. The molecule has 1 fully saturated rings. The number of hydrogen-bond acceptors (Lipinski definition) is 5. The van der Waals surface area contributed by atoms with Crippen molar-refractivity contribution < 1.29 is 19.1 Å². The van der Waals surface area contributed by atoms with Gasteiger partial charge in [0.25, 0.3) is 0 Å². The molecule has 0 bridgehead atoms. The van der Waals surface area contributed by atoms with Crippen molar-refractivity contribution >= 4 is 16.9 Å². The van der Waals surface area contributed by atoms with E-state index in [-0.39, 0.29) is 35.7 Å². The molecule has 5 nitrogen and oxygen atoms in total. The monoisotopic (exact) mass is 330 g/mol. The summed E-state index contributed by atoms with van der Waals surface area (Å²) >= 11 is 0. The first-order valence-corrected chi connectivity index (χ1v) is 8.43. The van der Waals surface area contributed by atoms with E-state index < -0.39 is 5.43 Å². The van der Waals surface area contributed by atoms with E-state index in [0.29, 0.717) is 11.0 Å². The van der Waals surface area contributed by atoms with E-state index >= 15 is 0 Å². The number of fused-ring (bicyclic) bond motifs is 1. The van der Waals surface area contributed by atoms with Gasteiger partial charge >= 0.3 is 5.97 Å². The lowest BCUT2D eigenvalue weighted by molar-refractivity contribution is -0.141. The molecule has 2 aromatic rings. The molecule has 24 heavy (non-hydrogen) atoms. The average molecular weight is 330 g/mol. The number of aromatic hydroxyl groups is 1. The molecule has 5 heteroatoms. The van der Waals surface area contributed by atoms with Gasteiger partial charge in [0.1, 0.15) is 5.58 Å². The maximum absolute atomic E-state index is 12.5. The first kappa shape index (κ1) is 16.6. The Kier molecular flexibility index (Phi) is 4.88. The molecule has 1 aliphatic rings. The van der Waals surface area contributed by atoms with E-state index in [1.54, 1.807) is 24.3 Å². The number of methoxy groups -OCH3 is 1. The Bertz CT molecular complexity index is 786. The van der Waals surface area contributed by atoms with Crippen LogP contribution in [0.3, 0.4) is 0 Å². The van der Waals surface area contributed by atoms with Crippen molar-refractivity contribution in [3.63, 3.8) is 0 Å². The minimum Gasteiger partial charge on any atom is -0.502 e. The van der Waals surface area contributed by atoms with Gasteiger partial charge in [0, 0.05) is 5.92 Å². The second-order valence-electron chi connectivity index (χ2n) is 6.43. The van der Waals surface area contributed by atoms with E-state index in [1.807, 2.05) is 0 Å². The Hall–Kier alpha value is -2.30. The number of benzene rings is 1. The number of hydrogen-bond donors (Lipinski definition) is 1. The van der Waals surface area contributed by atoms with Crippen molar-refractivity contribution in [2.45, 2.75) is 44.4 Å². The topological polar surface area (TPSA) is 76.7 Å². The molecule has 3 rings (SSSR count). The summed E-state index contributed by atoms with van der Waals surface area (Å²) < 4.78 is 10.7. The van der Waals surface area contributed by atoms with Crippen LogP contribution in [-0.4, -0.2) is 18.2 Å². The van der Waals surface area contributed by atoms with Crippen LogP contribution in [0.15, 0.2) is 33.5 Å². The number of rotatable bonds is 4. The molecule has 1 aromatic carbocycles. The summed E-state index contributed by atoms with van der Waals surface area (Å²) in [5.74, 6) is -0.659. The summed E-state index contributed by atoms with van der Waals surface area (Å²) in [4.78, 5) is 24.3. The Morgan fingerprint density at radius 2 is 2.00 bits per heavy atom. The van der Waals surface area contributed by atoms with Gasteiger partial charge in [0.05, 0.1) is 18.9 Å². The summed E-state index contributed by atoms with van der Waals surface area (Å²) in [6.45, 7) is 0. The number of para-hydroxylation sites is 1. The van der Waals surface area contributed by atoms with Crippen LogP contribution < -0.4 is 5.43 Å². The lowest BCUT2D eigenvalue weighted by Crippen LogP contribution is -2.21. The van der Waals surface area contributed by atoms with Crippen molar-refractivity contribution in [2.75, 3.05) is 7.11 Å². The van der Waals surface area contributed by atoms with Gasteiger partial charge in [-0.3, -0.25) is 9.59 Å². The molecule has 0 amide bonds. The maximum Gasteiger partial charge on any atom is 0.306 e. The van der Waals surface area contributed by atoms with Crippen LogP contribution in [0.4, 0.5) is 0 Å². The van der Waals surface area contributed by atoms with Gasteiger partial charge in [0.15, 0.2) is 5.76 Å². The third-order valence-corrected chi connectivity index (χ3v) is 4.97. The molecular weight excluding hydrogens is 308 g/mol. The van der Waals surface area contributed by atoms with E-state index in [2.05, 4.69) is 0 Å². The molecule has 128 valence electrons. The first-order valence-electron chi connectivity index (χ1n) is 8.43. The van der Waals surface area contributed by atoms with Gasteiger partial charge in [-0.15, -0.1) is 0 Å². The molecule has 0 radical (unpaired) electrons. The number of ether oxygens (including phenoxy) is 1. The quantitative estimate of drug-likeness (QED) is 0.865.